The number of hydrogen-bond acceptors (Lipinski definition) is 4. The van der Waals surface area contributed by atoms with Gasteiger partial charge in [-0.2, -0.15) is 0 Å². The predicted molar refractivity (Wildman–Crippen MR) is 70.5 cm³/mol. The Morgan fingerprint density at radius 1 is 1.33 bits per heavy atom. The van der Waals surface area contributed by atoms with Crippen molar-refractivity contribution in [2.24, 2.45) is 5.73 Å². The number of methoxy groups -OCH3 is 1. The standard InChI is InChI=1S/C14H21NO3/c1-3-4-9-18-14(16)13(15)10-11-5-7-12(17-2)8-6-11/h5-8,13H,3-4,9-10,15H2,1-2H3/t13-/m1/s1. The zero-order chi connectivity index (χ0) is 13.4. The second kappa shape index (κ2) is 7.71. The minimum absolute atomic E-state index is 0.334. The van der Waals surface area contributed by atoms with Crippen molar-refractivity contribution < 1.29 is 14.3 Å². The SMILES string of the molecule is CCCCOC(=O)[C@H](N)Cc1ccc(OC)cc1. The Hall–Kier alpha value is -1.55. The molecule has 1 aromatic carbocycles. The van der Waals surface area contributed by atoms with E-state index in [1.807, 2.05) is 31.2 Å². The van der Waals surface area contributed by atoms with Crippen molar-refractivity contribution in [1.29, 1.82) is 0 Å². The zero-order valence-corrected chi connectivity index (χ0v) is 11.0. The largest absolute Gasteiger partial charge is 0.497 e. The van der Waals surface area contributed by atoms with Crippen molar-refractivity contribution in [2.45, 2.75) is 32.2 Å². The van der Waals surface area contributed by atoms with Gasteiger partial charge in [0.2, 0.25) is 0 Å². The van der Waals surface area contributed by atoms with Gasteiger partial charge in [0, 0.05) is 0 Å². The molecule has 1 aromatic rings. The molecule has 4 nitrogen and oxygen atoms in total. The highest BCUT2D eigenvalue weighted by atomic mass is 16.5. The van der Waals surface area contributed by atoms with Gasteiger partial charge in [0.25, 0.3) is 0 Å². The number of nitrogens with two attached hydrogens (primary N) is 1. The molecule has 1 rings (SSSR count). The van der Waals surface area contributed by atoms with E-state index >= 15 is 0 Å². The van der Waals surface area contributed by atoms with Gasteiger partial charge in [-0.25, -0.2) is 0 Å². The van der Waals surface area contributed by atoms with Crippen molar-refractivity contribution >= 4 is 5.97 Å². The monoisotopic (exact) mass is 251 g/mol. The van der Waals surface area contributed by atoms with Gasteiger partial charge in [-0.1, -0.05) is 25.5 Å². The average molecular weight is 251 g/mol. The maximum absolute atomic E-state index is 11.6. The summed E-state index contributed by atoms with van der Waals surface area (Å²) in [6, 6.07) is 6.90. The molecule has 0 spiro atoms. The van der Waals surface area contributed by atoms with E-state index in [2.05, 4.69) is 0 Å². The molecule has 0 saturated carbocycles. The van der Waals surface area contributed by atoms with Crippen LogP contribution in [0.1, 0.15) is 25.3 Å². The van der Waals surface area contributed by atoms with Gasteiger partial charge >= 0.3 is 5.97 Å². The number of ether oxygens (including phenoxy) is 2. The topological polar surface area (TPSA) is 61.5 Å². The van der Waals surface area contributed by atoms with Crippen molar-refractivity contribution in [2.75, 3.05) is 13.7 Å². The van der Waals surface area contributed by atoms with E-state index in [1.54, 1.807) is 7.11 Å². The van der Waals surface area contributed by atoms with Crippen LogP contribution in [0.4, 0.5) is 0 Å². The fraction of sp³-hybridized carbons (Fsp3) is 0.500. The smallest absolute Gasteiger partial charge is 0.323 e. The Bertz CT molecular complexity index is 362. The number of carbonyl (C=O) groups is 1. The van der Waals surface area contributed by atoms with Crippen LogP contribution in [0, 0.1) is 0 Å². The molecule has 0 unspecified atom stereocenters. The van der Waals surface area contributed by atoms with Crippen molar-refractivity contribution in [3.63, 3.8) is 0 Å². The third kappa shape index (κ3) is 4.75. The Balaban J connectivity index is 2.42. The summed E-state index contributed by atoms with van der Waals surface area (Å²) in [5.41, 5.74) is 6.79. The molecular formula is C14H21NO3. The zero-order valence-electron chi connectivity index (χ0n) is 11.0. The van der Waals surface area contributed by atoms with Crippen LogP contribution in [-0.2, 0) is 16.0 Å². The van der Waals surface area contributed by atoms with Crippen LogP contribution in [-0.4, -0.2) is 25.7 Å². The maximum Gasteiger partial charge on any atom is 0.323 e. The van der Waals surface area contributed by atoms with Crippen molar-refractivity contribution in [3.8, 4) is 5.75 Å². The number of unbranched alkanes of at least 4 members (excludes halogenated alkanes) is 1. The minimum atomic E-state index is -0.602. The van der Waals surface area contributed by atoms with E-state index in [0.717, 1.165) is 24.2 Å². The van der Waals surface area contributed by atoms with Gasteiger partial charge in [0.15, 0.2) is 0 Å². The first kappa shape index (κ1) is 14.5. The molecule has 0 heterocycles. The summed E-state index contributed by atoms with van der Waals surface area (Å²) in [5.74, 6) is 0.456. The third-order valence-electron chi connectivity index (χ3n) is 2.66. The third-order valence-corrected chi connectivity index (χ3v) is 2.66. The Morgan fingerprint density at radius 2 is 2.00 bits per heavy atom. The first-order valence-corrected chi connectivity index (χ1v) is 6.22. The van der Waals surface area contributed by atoms with E-state index in [1.165, 1.54) is 0 Å². The molecule has 0 fully saturated rings. The summed E-state index contributed by atoms with van der Waals surface area (Å²) in [6.07, 6.45) is 2.36. The Labute approximate surface area is 108 Å². The van der Waals surface area contributed by atoms with Gasteiger partial charge in [-0.3, -0.25) is 4.79 Å². The number of esters is 1. The first-order valence-electron chi connectivity index (χ1n) is 6.22. The van der Waals surface area contributed by atoms with Crippen molar-refractivity contribution in [1.82, 2.24) is 0 Å². The molecule has 100 valence electrons. The highest BCUT2D eigenvalue weighted by Gasteiger charge is 2.15. The quantitative estimate of drug-likeness (QED) is 0.594. The van der Waals surface area contributed by atoms with E-state index in [0.29, 0.717) is 13.0 Å². The van der Waals surface area contributed by atoms with E-state index in [-0.39, 0.29) is 5.97 Å². The van der Waals surface area contributed by atoms with Crippen LogP contribution < -0.4 is 10.5 Å². The number of rotatable bonds is 7. The van der Waals surface area contributed by atoms with Crippen LogP contribution in [0.15, 0.2) is 24.3 Å². The van der Waals surface area contributed by atoms with E-state index in [4.69, 9.17) is 15.2 Å². The molecule has 0 radical (unpaired) electrons. The van der Waals surface area contributed by atoms with Crippen LogP contribution >= 0.6 is 0 Å². The van der Waals surface area contributed by atoms with E-state index < -0.39 is 6.04 Å². The lowest BCUT2D eigenvalue weighted by Gasteiger charge is -2.11. The summed E-state index contributed by atoms with van der Waals surface area (Å²) in [4.78, 5) is 11.6. The van der Waals surface area contributed by atoms with Crippen LogP contribution in [0.5, 0.6) is 5.75 Å². The fourth-order valence-corrected chi connectivity index (χ4v) is 1.52. The molecule has 0 aliphatic carbocycles. The lowest BCUT2D eigenvalue weighted by molar-refractivity contribution is -0.145. The molecule has 1 atom stereocenters. The highest BCUT2D eigenvalue weighted by molar-refractivity contribution is 5.75. The molecular weight excluding hydrogens is 230 g/mol. The second-order valence-corrected chi connectivity index (χ2v) is 4.18. The maximum atomic E-state index is 11.6. The Kier molecular flexibility index (Phi) is 6.22. The van der Waals surface area contributed by atoms with E-state index in [9.17, 15) is 4.79 Å². The average Bonchev–Trinajstić information content (AvgIpc) is 2.39. The molecule has 18 heavy (non-hydrogen) atoms. The molecule has 0 bridgehead atoms. The molecule has 2 N–H and O–H groups in total. The lowest BCUT2D eigenvalue weighted by atomic mass is 10.1. The summed E-state index contributed by atoms with van der Waals surface area (Å²) >= 11 is 0. The molecule has 0 aliphatic rings. The number of hydrogen-bond donors (Lipinski definition) is 1. The van der Waals surface area contributed by atoms with Gasteiger partial charge < -0.3 is 15.2 Å². The van der Waals surface area contributed by atoms with Gasteiger partial charge in [-0.15, -0.1) is 0 Å². The normalized spacial score (nSPS) is 11.9. The summed E-state index contributed by atoms with van der Waals surface area (Å²) < 4.78 is 10.1. The van der Waals surface area contributed by atoms with Gasteiger partial charge in [0.05, 0.1) is 13.7 Å². The lowest BCUT2D eigenvalue weighted by Crippen LogP contribution is -2.34. The van der Waals surface area contributed by atoms with Crippen LogP contribution in [0.25, 0.3) is 0 Å². The van der Waals surface area contributed by atoms with Gasteiger partial charge in [0.1, 0.15) is 11.8 Å². The second-order valence-electron chi connectivity index (χ2n) is 4.18. The summed E-state index contributed by atoms with van der Waals surface area (Å²) in [7, 11) is 1.62. The molecule has 0 saturated heterocycles. The molecule has 0 aromatic heterocycles. The Morgan fingerprint density at radius 3 is 2.56 bits per heavy atom. The van der Waals surface area contributed by atoms with Crippen LogP contribution in [0.2, 0.25) is 0 Å². The molecule has 0 aliphatic heterocycles. The molecule has 4 heteroatoms. The molecule has 0 amide bonds. The fourth-order valence-electron chi connectivity index (χ4n) is 1.52. The summed E-state index contributed by atoms with van der Waals surface area (Å²) in [6.45, 7) is 2.50. The van der Waals surface area contributed by atoms with Crippen molar-refractivity contribution in [3.05, 3.63) is 29.8 Å². The van der Waals surface area contributed by atoms with Gasteiger partial charge in [-0.05, 0) is 30.5 Å². The number of carbonyl (C=O) groups excluding carboxylic acids is 1. The summed E-state index contributed by atoms with van der Waals surface area (Å²) in [5, 5.41) is 0. The van der Waals surface area contributed by atoms with Crippen LogP contribution in [0.3, 0.4) is 0 Å². The number of benzene rings is 1. The highest BCUT2D eigenvalue weighted by Crippen LogP contribution is 2.12. The first-order chi connectivity index (χ1) is 8.67. The minimum Gasteiger partial charge on any atom is -0.497 e. The predicted octanol–water partition coefficient (Wildman–Crippen LogP) is 1.91.